The van der Waals surface area contributed by atoms with Gasteiger partial charge in [0, 0.05) is 50.0 Å². The molecule has 0 spiro atoms. The van der Waals surface area contributed by atoms with Gasteiger partial charge in [-0.1, -0.05) is 18.2 Å². The van der Waals surface area contributed by atoms with E-state index in [0.717, 1.165) is 31.7 Å². The Morgan fingerprint density at radius 3 is 2.20 bits per heavy atom. The van der Waals surface area contributed by atoms with Gasteiger partial charge in [-0.3, -0.25) is 9.69 Å². The van der Waals surface area contributed by atoms with Crippen molar-refractivity contribution >= 4 is 11.6 Å². The number of nitrogens with zero attached hydrogens (tertiary/aromatic N) is 2. The van der Waals surface area contributed by atoms with E-state index in [1.807, 2.05) is 6.07 Å². The molecular formula is C23H31N3O4. The summed E-state index contributed by atoms with van der Waals surface area (Å²) in [5.41, 5.74) is 3.41. The average molecular weight is 414 g/mol. The van der Waals surface area contributed by atoms with Crippen LogP contribution in [0.15, 0.2) is 36.4 Å². The molecule has 0 aromatic heterocycles. The summed E-state index contributed by atoms with van der Waals surface area (Å²) >= 11 is 0. The van der Waals surface area contributed by atoms with Gasteiger partial charge in [0.1, 0.15) is 5.75 Å². The molecule has 1 fully saturated rings. The van der Waals surface area contributed by atoms with Crippen LogP contribution in [0.4, 0.5) is 5.69 Å². The number of rotatable bonds is 8. The lowest BCUT2D eigenvalue weighted by Gasteiger charge is -2.36. The first-order valence-electron chi connectivity index (χ1n) is 10.1. The largest absolute Gasteiger partial charge is 0.496 e. The zero-order chi connectivity index (χ0) is 21.5. The van der Waals surface area contributed by atoms with Crippen LogP contribution in [0.3, 0.4) is 0 Å². The summed E-state index contributed by atoms with van der Waals surface area (Å²) < 4.78 is 16.1. The number of ether oxygens (including phenoxy) is 3. The van der Waals surface area contributed by atoms with Crippen molar-refractivity contribution in [3.05, 3.63) is 47.5 Å². The Hall–Kier alpha value is -2.93. The van der Waals surface area contributed by atoms with E-state index >= 15 is 0 Å². The first-order valence-corrected chi connectivity index (χ1v) is 10.1. The molecule has 0 atom stereocenters. The fraction of sp³-hybridized carbons (Fsp3) is 0.435. The molecule has 1 amide bonds. The van der Waals surface area contributed by atoms with Crippen molar-refractivity contribution in [3.8, 4) is 17.2 Å². The van der Waals surface area contributed by atoms with Crippen molar-refractivity contribution in [2.45, 2.75) is 13.5 Å². The van der Waals surface area contributed by atoms with Crippen molar-refractivity contribution in [1.82, 2.24) is 10.2 Å². The van der Waals surface area contributed by atoms with Crippen LogP contribution in [0.5, 0.6) is 17.2 Å². The molecule has 1 aliphatic rings. The van der Waals surface area contributed by atoms with Gasteiger partial charge in [0.15, 0.2) is 11.5 Å². The summed E-state index contributed by atoms with van der Waals surface area (Å²) in [5, 5.41) is 2.99. The molecule has 0 aliphatic carbocycles. The molecule has 1 heterocycles. The van der Waals surface area contributed by atoms with Gasteiger partial charge < -0.3 is 24.4 Å². The fourth-order valence-electron chi connectivity index (χ4n) is 3.75. The molecule has 1 saturated heterocycles. The Morgan fingerprint density at radius 2 is 1.57 bits per heavy atom. The van der Waals surface area contributed by atoms with Crippen molar-refractivity contribution in [2.24, 2.45) is 0 Å². The number of carbonyl (C=O) groups is 1. The third-order valence-corrected chi connectivity index (χ3v) is 5.46. The third-order valence-electron chi connectivity index (χ3n) is 5.46. The highest BCUT2D eigenvalue weighted by molar-refractivity contribution is 5.78. The Bertz CT molecular complexity index is 864. The van der Waals surface area contributed by atoms with Crippen LogP contribution in [0.25, 0.3) is 0 Å². The highest BCUT2D eigenvalue weighted by Crippen LogP contribution is 2.34. The summed E-state index contributed by atoms with van der Waals surface area (Å²) in [6.07, 6.45) is 0. The average Bonchev–Trinajstić information content (AvgIpc) is 2.78. The van der Waals surface area contributed by atoms with E-state index in [2.05, 4.69) is 46.3 Å². The van der Waals surface area contributed by atoms with Gasteiger partial charge in [-0.05, 0) is 24.6 Å². The molecule has 7 heteroatoms. The van der Waals surface area contributed by atoms with E-state index in [4.69, 9.17) is 14.2 Å². The van der Waals surface area contributed by atoms with Gasteiger partial charge in [0.05, 0.1) is 27.9 Å². The lowest BCUT2D eigenvalue weighted by molar-refractivity contribution is -0.122. The minimum atomic E-state index is -0.00354. The van der Waals surface area contributed by atoms with Crippen LogP contribution in [0.2, 0.25) is 0 Å². The van der Waals surface area contributed by atoms with E-state index in [9.17, 15) is 4.79 Å². The maximum absolute atomic E-state index is 12.5. The smallest absolute Gasteiger partial charge is 0.234 e. The van der Waals surface area contributed by atoms with Crippen molar-refractivity contribution in [3.63, 3.8) is 0 Å². The summed E-state index contributed by atoms with van der Waals surface area (Å²) in [7, 11) is 4.77. The van der Waals surface area contributed by atoms with Gasteiger partial charge in [-0.2, -0.15) is 0 Å². The maximum Gasteiger partial charge on any atom is 0.234 e. The number of hydrogen-bond donors (Lipinski definition) is 1. The van der Waals surface area contributed by atoms with E-state index < -0.39 is 0 Å². The predicted molar refractivity (Wildman–Crippen MR) is 118 cm³/mol. The summed E-state index contributed by atoms with van der Waals surface area (Å²) in [5.74, 6) is 1.85. The lowest BCUT2D eigenvalue weighted by atomic mass is 10.1. The standard InChI is InChI=1S/C23H31N3O4/c1-17-7-5-6-8-19(17)26-11-9-25(10-12-26)16-23(27)24-15-18-13-21(29-3)22(30-4)14-20(18)28-2/h5-8,13-14H,9-12,15-16H2,1-4H3,(H,24,27). The molecule has 2 aromatic rings. The molecule has 2 aromatic carbocycles. The van der Waals surface area contributed by atoms with Gasteiger partial charge in [-0.15, -0.1) is 0 Å². The van der Waals surface area contributed by atoms with Crippen LogP contribution in [0.1, 0.15) is 11.1 Å². The molecule has 0 radical (unpaired) electrons. The van der Waals surface area contributed by atoms with Crippen LogP contribution in [0, 0.1) is 6.92 Å². The van der Waals surface area contributed by atoms with Crippen LogP contribution in [-0.2, 0) is 11.3 Å². The monoisotopic (exact) mass is 413 g/mol. The Labute approximate surface area is 178 Å². The number of anilines is 1. The molecule has 0 saturated carbocycles. The van der Waals surface area contributed by atoms with Gasteiger partial charge in [-0.25, -0.2) is 0 Å². The lowest BCUT2D eigenvalue weighted by Crippen LogP contribution is -2.49. The number of nitrogens with one attached hydrogen (secondary N) is 1. The molecule has 3 rings (SSSR count). The number of hydrogen-bond acceptors (Lipinski definition) is 6. The number of piperazine rings is 1. The molecule has 0 bridgehead atoms. The first kappa shape index (κ1) is 21.8. The predicted octanol–water partition coefficient (Wildman–Crippen LogP) is 2.46. The molecule has 1 N–H and O–H groups in total. The van der Waals surface area contributed by atoms with E-state index in [0.29, 0.717) is 30.3 Å². The number of aryl methyl sites for hydroxylation is 1. The highest BCUT2D eigenvalue weighted by atomic mass is 16.5. The molecular weight excluding hydrogens is 382 g/mol. The molecule has 0 unspecified atom stereocenters. The van der Waals surface area contributed by atoms with Crippen LogP contribution in [-0.4, -0.2) is 64.9 Å². The van der Waals surface area contributed by atoms with Crippen molar-refractivity contribution in [2.75, 3.05) is 59.0 Å². The highest BCUT2D eigenvalue weighted by Gasteiger charge is 2.20. The van der Waals surface area contributed by atoms with E-state index in [-0.39, 0.29) is 5.91 Å². The SMILES string of the molecule is COc1cc(OC)c(OC)cc1CNC(=O)CN1CCN(c2ccccc2C)CC1. The number of carbonyl (C=O) groups excluding carboxylic acids is 1. The van der Waals surface area contributed by atoms with Crippen molar-refractivity contribution < 1.29 is 19.0 Å². The first-order chi connectivity index (χ1) is 14.5. The van der Waals surface area contributed by atoms with E-state index in [1.165, 1.54) is 11.3 Å². The Kier molecular flexibility index (Phi) is 7.41. The van der Waals surface area contributed by atoms with Gasteiger partial charge in [0.25, 0.3) is 0 Å². The molecule has 30 heavy (non-hydrogen) atoms. The minimum absolute atomic E-state index is 0.00354. The van der Waals surface area contributed by atoms with Crippen molar-refractivity contribution in [1.29, 1.82) is 0 Å². The minimum Gasteiger partial charge on any atom is -0.496 e. The van der Waals surface area contributed by atoms with E-state index in [1.54, 1.807) is 27.4 Å². The number of amides is 1. The normalized spacial score (nSPS) is 14.3. The summed E-state index contributed by atoms with van der Waals surface area (Å²) in [6, 6.07) is 12.0. The zero-order valence-corrected chi connectivity index (χ0v) is 18.2. The second kappa shape index (κ2) is 10.2. The summed E-state index contributed by atoms with van der Waals surface area (Å²) in [4.78, 5) is 17.1. The third kappa shape index (κ3) is 5.16. The van der Waals surface area contributed by atoms with Crippen LogP contribution < -0.4 is 24.4 Å². The number of methoxy groups -OCH3 is 3. The van der Waals surface area contributed by atoms with Gasteiger partial charge >= 0.3 is 0 Å². The Balaban J connectivity index is 1.52. The quantitative estimate of drug-likeness (QED) is 0.717. The van der Waals surface area contributed by atoms with Crippen LogP contribution >= 0.6 is 0 Å². The number of para-hydroxylation sites is 1. The summed E-state index contributed by atoms with van der Waals surface area (Å²) in [6.45, 7) is 6.45. The maximum atomic E-state index is 12.5. The topological polar surface area (TPSA) is 63.3 Å². The van der Waals surface area contributed by atoms with Gasteiger partial charge in [0.2, 0.25) is 5.91 Å². The fourth-order valence-corrected chi connectivity index (χ4v) is 3.75. The molecule has 1 aliphatic heterocycles. The second-order valence-corrected chi connectivity index (χ2v) is 7.35. The second-order valence-electron chi connectivity index (χ2n) is 7.35. The number of benzene rings is 2. The Morgan fingerprint density at radius 1 is 0.933 bits per heavy atom. The molecule has 162 valence electrons. The molecule has 7 nitrogen and oxygen atoms in total. The zero-order valence-electron chi connectivity index (χ0n) is 18.2.